The number of imide groups is 1. The predicted octanol–water partition coefficient (Wildman–Crippen LogP) is 0.368. The molecule has 0 radical (unpaired) electrons. The molecule has 1 aromatic heterocycles. The molecule has 13 heteroatoms. The van der Waals surface area contributed by atoms with Gasteiger partial charge in [-0.2, -0.15) is 0 Å². The second-order valence-electron chi connectivity index (χ2n) is 9.78. The van der Waals surface area contributed by atoms with E-state index in [0.717, 1.165) is 4.90 Å². The number of nitrogens with two attached hydrogens (primary N) is 5. The molecule has 0 saturated heterocycles. The topological polar surface area (TPSA) is 252 Å². The van der Waals surface area contributed by atoms with Crippen LogP contribution in [0.25, 0.3) is 11.0 Å². The highest BCUT2D eigenvalue weighted by Crippen LogP contribution is 2.25. The number of hydrogen-bond acceptors (Lipinski definition) is 11. The first-order chi connectivity index (χ1) is 18.9. The maximum atomic E-state index is 13.9. The SMILES string of the molecule is Cc1c(N)c(=O)oc2cc(C(=O)C(CCCCN)N(C(=O)C(N)CCCCN)C(=O)C(N)CCC(=O)O)ccc12. The number of carboxylic acids is 1. The van der Waals surface area contributed by atoms with Gasteiger partial charge in [0, 0.05) is 17.4 Å². The maximum Gasteiger partial charge on any atom is 0.359 e. The number of benzene rings is 1. The van der Waals surface area contributed by atoms with E-state index in [1.54, 1.807) is 13.0 Å². The lowest BCUT2D eigenvalue weighted by Crippen LogP contribution is -2.58. The number of aryl methyl sites for hydroxylation is 1. The summed E-state index contributed by atoms with van der Waals surface area (Å²) >= 11 is 0. The number of amides is 2. The van der Waals surface area contributed by atoms with Gasteiger partial charge in [-0.1, -0.05) is 18.6 Å². The third kappa shape index (κ3) is 8.18. The number of rotatable bonds is 16. The lowest BCUT2D eigenvalue weighted by atomic mass is 9.94. The summed E-state index contributed by atoms with van der Waals surface area (Å²) in [4.78, 5) is 65.1. The van der Waals surface area contributed by atoms with Crippen molar-refractivity contribution in [1.29, 1.82) is 0 Å². The zero-order valence-electron chi connectivity index (χ0n) is 22.8. The Morgan fingerprint density at radius 3 is 2.08 bits per heavy atom. The molecule has 0 fully saturated rings. The lowest BCUT2D eigenvalue weighted by Gasteiger charge is -2.33. The highest BCUT2D eigenvalue weighted by Gasteiger charge is 2.39. The molecule has 0 aliphatic carbocycles. The molecule has 40 heavy (non-hydrogen) atoms. The number of carboxylic acid groups (broad SMARTS) is 1. The summed E-state index contributed by atoms with van der Waals surface area (Å²) in [5.74, 6) is -3.46. The highest BCUT2D eigenvalue weighted by atomic mass is 16.4. The fraction of sp³-hybridized carbons (Fsp3) is 0.519. The Morgan fingerprint density at radius 2 is 1.50 bits per heavy atom. The molecule has 0 aliphatic heterocycles. The molecular formula is C27H40N6O7. The third-order valence-electron chi connectivity index (χ3n) is 6.79. The average molecular weight is 561 g/mol. The molecule has 1 aromatic carbocycles. The van der Waals surface area contributed by atoms with E-state index in [4.69, 9.17) is 38.2 Å². The van der Waals surface area contributed by atoms with E-state index < -0.39 is 53.7 Å². The predicted molar refractivity (Wildman–Crippen MR) is 150 cm³/mol. The molecule has 220 valence electrons. The van der Waals surface area contributed by atoms with Crippen molar-refractivity contribution in [1.82, 2.24) is 4.90 Å². The van der Waals surface area contributed by atoms with E-state index in [9.17, 15) is 24.0 Å². The minimum Gasteiger partial charge on any atom is -0.481 e. The molecule has 13 nitrogen and oxygen atoms in total. The molecule has 2 rings (SSSR count). The van der Waals surface area contributed by atoms with Gasteiger partial charge in [-0.3, -0.25) is 24.1 Å². The van der Waals surface area contributed by atoms with E-state index >= 15 is 0 Å². The summed E-state index contributed by atoms with van der Waals surface area (Å²) in [5.41, 5.74) is 29.0. The van der Waals surface area contributed by atoms with Crippen LogP contribution in [-0.2, 0) is 14.4 Å². The van der Waals surface area contributed by atoms with Gasteiger partial charge in [-0.25, -0.2) is 4.79 Å². The number of carbonyl (C=O) groups is 4. The first-order valence-corrected chi connectivity index (χ1v) is 13.3. The van der Waals surface area contributed by atoms with Crippen LogP contribution in [0, 0.1) is 6.92 Å². The van der Waals surface area contributed by atoms with E-state index in [0.29, 0.717) is 49.7 Å². The zero-order valence-corrected chi connectivity index (χ0v) is 22.8. The minimum absolute atomic E-state index is 0.0485. The molecule has 0 spiro atoms. The lowest BCUT2D eigenvalue weighted by molar-refractivity contribution is -0.149. The number of anilines is 1. The van der Waals surface area contributed by atoms with Crippen LogP contribution in [0.4, 0.5) is 5.69 Å². The second-order valence-corrected chi connectivity index (χ2v) is 9.78. The Bertz CT molecular complexity index is 1280. The van der Waals surface area contributed by atoms with Gasteiger partial charge in [-0.15, -0.1) is 0 Å². The largest absolute Gasteiger partial charge is 0.481 e. The summed E-state index contributed by atoms with van der Waals surface area (Å²) in [5, 5.41) is 9.57. The Balaban J connectivity index is 2.57. The molecule has 2 amide bonds. The molecule has 0 bridgehead atoms. The van der Waals surface area contributed by atoms with E-state index in [1.165, 1.54) is 12.1 Å². The second kappa shape index (κ2) is 15.2. The normalized spacial score (nSPS) is 13.5. The quantitative estimate of drug-likeness (QED) is 0.0924. The van der Waals surface area contributed by atoms with Crippen LogP contribution in [-0.4, -0.2) is 64.8 Å². The van der Waals surface area contributed by atoms with E-state index in [-0.39, 0.29) is 36.1 Å². The van der Waals surface area contributed by atoms with Gasteiger partial charge >= 0.3 is 11.6 Å². The van der Waals surface area contributed by atoms with Crippen LogP contribution in [0.1, 0.15) is 67.3 Å². The molecule has 0 saturated carbocycles. The van der Waals surface area contributed by atoms with E-state index in [1.807, 2.05) is 0 Å². The number of ketones is 1. The number of hydrogen-bond donors (Lipinski definition) is 6. The Labute approximate surface area is 232 Å². The van der Waals surface area contributed by atoms with Crippen LogP contribution >= 0.6 is 0 Å². The average Bonchev–Trinajstić information content (AvgIpc) is 2.93. The van der Waals surface area contributed by atoms with Gasteiger partial charge in [0.1, 0.15) is 17.3 Å². The summed E-state index contributed by atoms with van der Waals surface area (Å²) in [6.45, 7) is 2.36. The zero-order chi connectivity index (χ0) is 30.0. The van der Waals surface area contributed by atoms with Crippen molar-refractivity contribution in [2.24, 2.45) is 22.9 Å². The molecule has 3 unspecified atom stereocenters. The van der Waals surface area contributed by atoms with Gasteiger partial charge in [-0.05, 0) is 70.2 Å². The number of carbonyl (C=O) groups excluding carboxylic acids is 3. The van der Waals surface area contributed by atoms with Crippen LogP contribution in [0.5, 0.6) is 0 Å². The smallest absolute Gasteiger partial charge is 0.359 e. The van der Waals surface area contributed by atoms with Crippen LogP contribution in [0.15, 0.2) is 27.4 Å². The van der Waals surface area contributed by atoms with Crippen molar-refractivity contribution in [2.75, 3.05) is 18.8 Å². The number of aliphatic carboxylic acids is 1. The molecule has 1 heterocycles. The Morgan fingerprint density at radius 1 is 0.925 bits per heavy atom. The first kappa shape index (κ1) is 32.6. The van der Waals surface area contributed by atoms with Crippen molar-refractivity contribution >= 4 is 40.2 Å². The fourth-order valence-electron chi connectivity index (χ4n) is 4.38. The van der Waals surface area contributed by atoms with Crippen molar-refractivity contribution in [3.63, 3.8) is 0 Å². The molecular weight excluding hydrogens is 520 g/mol. The summed E-state index contributed by atoms with van der Waals surface area (Å²) < 4.78 is 5.28. The van der Waals surface area contributed by atoms with Crippen molar-refractivity contribution in [3.05, 3.63) is 39.7 Å². The van der Waals surface area contributed by atoms with E-state index in [2.05, 4.69) is 0 Å². The van der Waals surface area contributed by atoms with Crippen molar-refractivity contribution in [3.8, 4) is 0 Å². The fourth-order valence-corrected chi connectivity index (χ4v) is 4.38. The number of Topliss-reactive ketones (excluding diaryl/α,β-unsaturated/α-hetero) is 1. The van der Waals surface area contributed by atoms with Gasteiger partial charge < -0.3 is 38.2 Å². The van der Waals surface area contributed by atoms with Crippen LogP contribution in [0.3, 0.4) is 0 Å². The number of fused-ring (bicyclic) bond motifs is 1. The van der Waals surface area contributed by atoms with Crippen LogP contribution in [0.2, 0.25) is 0 Å². The highest BCUT2D eigenvalue weighted by molar-refractivity contribution is 6.09. The molecule has 3 atom stereocenters. The molecule has 11 N–H and O–H groups in total. The maximum absolute atomic E-state index is 13.9. The van der Waals surface area contributed by atoms with Gasteiger partial charge in [0.2, 0.25) is 11.8 Å². The van der Waals surface area contributed by atoms with Crippen LogP contribution < -0.4 is 34.3 Å². The van der Waals surface area contributed by atoms with Gasteiger partial charge in [0.25, 0.3) is 0 Å². The summed E-state index contributed by atoms with van der Waals surface area (Å²) in [6, 6.07) is 0.640. The number of nitrogens with zero attached hydrogens (tertiary/aromatic N) is 1. The summed E-state index contributed by atoms with van der Waals surface area (Å²) in [7, 11) is 0. The Hall–Kier alpha value is -3.65. The van der Waals surface area contributed by atoms with Gasteiger partial charge in [0.05, 0.1) is 12.1 Å². The van der Waals surface area contributed by atoms with Gasteiger partial charge in [0.15, 0.2) is 5.78 Å². The van der Waals surface area contributed by atoms with Crippen molar-refractivity contribution in [2.45, 2.75) is 76.4 Å². The molecule has 2 aromatic rings. The first-order valence-electron chi connectivity index (χ1n) is 13.3. The standard InChI is InChI=1S/C27H40N6O7/c1-15-17-9-8-16(14-21(17)40-27(39)23(15)32)24(36)20(7-3-5-13-29)33(25(37)18(30)6-2-4-12-28)26(38)19(31)10-11-22(34)35/h8-9,14,18-20H,2-7,10-13,28-32H2,1H3,(H,34,35). The van der Waals surface area contributed by atoms with Crippen molar-refractivity contribution < 1.29 is 28.7 Å². The molecule has 0 aliphatic rings. The number of nitrogen functional groups attached to an aromatic ring is 1. The number of unbranched alkanes of at least 4 members (excludes halogenated alkanes) is 2. The third-order valence-corrected chi connectivity index (χ3v) is 6.79. The monoisotopic (exact) mass is 560 g/mol. The summed E-state index contributed by atoms with van der Waals surface area (Å²) in [6.07, 6.45) is 1.68. The minimum atomic E-state index is -1.36. The Kier molecular flexibility index (Phi) is 12.4.